The second-order valence-electron chi connectivity index (χ2n) is 6.08. The molecule has 6 heteroatoms. The molecule has 0 saturated heterocycles. The summed E-state index contributed by atoms with van der Waals surface area (Å²) in [5.41, 5.74) is 1.88. The fourth-order valence-electron chi connectivity index (χ4n) is 2.86. The van der Waals surface area contributed by atoms with Gasteiger partial charge in [-0.25, -0.2) is 4.98 Å². The number of hydrogen-bond donors (Lipinski definition) is 1. The third kappa shape index (κ3) is 3.74. The van der Waals surface area contributed by atoms with Gasteiger partial charge in [-0.15, -0.1) is 0 Å². The van der Waals surface area contributed by atoms with E-state index in [1.54, 1.807) is 43.6 Å². The van der Waals surface area contributed by atoms with Crippen LogP contribution in [0.2, 0.25) is 0 Å². The molecular weight excluding hydrogens is 342 g/mol. The number of hydrogen-bond acceptors (Lipinski definition) is 4. The largest absolute Gasteiger partial charge is 0.495 e. The van der Waals surface area contributed by atoms with E-state index in [0.717, 1.165) is 12.0 Å². The van der Waals surface area contributed by atoms with Crippen molar-refractivity contribution in [3.05, 3.63) is 81.9 Å². The Kier molecular flexibility index (Phi) is 5.35. The number of benzene rings is 1. The monoisotopic (exact) mass is 363 g/mol. The SMILES string of the molecule is CCc1ccnc(NC(=O)c2c(C)ccn(-c3ccccc3OC)c2=O)c1. The molecule has 1 amide bonds. The number of pyridine rings is 2. The lowest BCUT2D eigenvalue weighted by Crippen LogP contribution is -2.29. The minimum atomic E-state index is -0.484. The predicted octanol–water partition coefficient (Wildman–Crippen LogP) is 3.36. The van der Waals surface area contributed by atoms with Crippen LogP contribution in [0.1, 0.15) is 28.4 Å². The molecule has 0 aliphatic carbocycles. The van der Waals surface area contributed by atoms with Crippen LogP contribution in [0.25, 0.3) is 5.69 Å². The zero-order valence-corrected chi connectivity index (χ0v) is 15.5. The molecule has 0 aliphatic heterocycles. The maximum absolute atomic E-state index is 13.0. The number of carbonyl (C=O) groups excluding carboxylic acids is 1. The molecule has 0 spiro atoms. The van der Waals surface area contributed by atoms with E-state index in [1.807, 2.05) is 25.1 Å². The summed E-state index contributed by atoms with van der Waals surface area (Å²) >= 11 is 0. The molecule has 0 radical (unpaired) electrons. The molecule has 27 heavy (non-hydrogen) atoms. The molecule has 1 N–H and O–H groups in total. The van der Waals surface area contributed by atoms with E-state index in [-0.39, 0.29) is 5.56 Å². The van der Waals surface area contributed by atoms with Crippen molar-refractivity contribution < 1.29 is 9.53 Å². The Morgan fingerprint density at radius 3 is 2.74 bits per heavy atom. The first-order chi connectivity index (χ1) is 13.0. The summed E-state index contributed by atoms with van der Waals surface area (Å²) in [6.07, 6.45) is 4.11. The van der Waals surface area contributed by atoms with Crippen molar-refractivity contribution in [2.24, 2.45) is 0 Å². The van der Waals surface area contributed by atoms with Crippen LogP contribution < -0.4 is 15.6 Å². The van der Waals surface area contributed by atoms with Crippen LogP contribution >= 0.6 is 0 Å². The van der Waals surface area contributed by atoms with Gasteiger partial charge in [0, 0.05) is 12.4 Å². The van der Waals surface area contributed by atoms with Crippen LogP contribution in [-0.2, 0) is 6.42 Å². The van der Waals surface area contributed by atoms with Gasteiger partial charge in [-0.2, -0.15) is 0 Å². The van der Waals surface area contributed by atoms with Crippen molar-refractivity contribution in [1.82, 2.24) is 9.55 Å². The van der Waals surface area contributed by atoms with E-state index in [1.165, 1.54) is 11.7 Å². The van der Waals surface area contributed by atoms with E-state index in [0.29, 0.717) is 22.8 Å². The lowest BCUT2D eigenvalue weighted by molar-refractivity contribution is 0.102. The van der Waals surface area contributed by atoms with Gasteiger partial charge in [0.25, 0.3) is 11.5 Å². The average Bonchev–Trinajstić information content (AvgIpc) is 2.68. The fraction of sp³-hybridized carbons (Fsp3) is 0.190. The van der Waals surface area contributed by atoms with Gasteiger partial charge >= 0.3 is 0 Å². The van der Waals surface area contributed by atoms with Gasteiger partial charge in [0.05, 0.1) is 12.8 Å². The number of ether oxygens (including phenoxy) is 1. The molecule has 1 aromatic carbocycles. The van der Waals surface area contributed by atoms with Crippen LogP contribution in [0, 0.1) is 6.92 Å². The maximum atomic E-state index is 13.0. The third-order valence-electron chi connectivity index (χ3n) is 4.35. The normalized spacial score (nSPS) is 10.5. The van der Waals surface area contributed by atoms with Crippen LogP contribution in [0.5, 0.6) is 5.75 Å². The number of para-hydroxylation sites is 2. The van der Waals surface area contributed by atoms with Gasteiger partial charge in [0.1, 0.15) is 17.1 Å². The molecule has 3 rings (SSSR count). The number of rotatable bonds is 5. The number of aryl methyl sites for hydroxylation is 2. The first-order valence-corrected chi connectivity index (χ1v) is 8.67. The highest BCUT2D eigenvalue weighted by molar-refractivity contribution is 6.04. The molecule has 0 saturated carbocycles. The molecular formula is C21H21N3O3. The van der Waals surface area contributed by atoms with Crippen LogP contribution in [0.3, 0.4) is 0 Å². The quantitative estimate of drug-likeness (QED) is 0.754. The molecule has 0 unspecified atom stereocenters. The summed E-state index contributed by atoms with van der Waals surface area (Å²) in [6, 6.07) is 12.6. The fourth-order valence-corrected chi connectivity index (χ4v) is 2.86. The Hall–Kier alpha value is -3.41. The highest BCUT2D eigenvalue weighted by Crippen LogP contribution is 2.21. The van der Waals surface area contributed by atoms with Gasteiger partial charge < -0.3 is 10.1 Å². The van der Waals surface area contributed by atoms with Gasteiger partial charge in [0.15, 0.2) is 0 Å². The minimum Gasteiger partial charge on any atom is -0.495 e. The van der Waals surface area contributed by atoms with Gasteiger partial charge in [-0.05, 0) is 54.8 Å². The second kappa shape index (κ2) is 7.86. The lowest BCUT2D eigenvalue weighted by Gasteiger charge is -2.13. The number of carbonyl (C=O) groups is 1. The molecule has 0 bridgehead atoms. The van der Waals surface area contributed by atoms with E-state index in [2.05, 4.69) is 10.3 Å². The molecule has 0 fully saturated rings. The smallest absolute Gasteiger partial charge is 0.268 e. The Bertz CT molecular complexity index is 1040. The topological polar surface area (TPSA) is 73.2 Å². The van der Waals surface area contributed by atoms with Crippen molar-refractivity contribution in [1.29, 1.82) is 0 Å². The van der Waals surface area contributed by atoms with Crippen molar-refractivity contribution in [3.63, 3.8) is 0 Å². The Labute approximate surface area is 157 Å². The Morgan fingerprint density at radius 2 is 2.00 bits per heavy atom. The Balaban J connectivity index is 2.03. The van der Waals surface area contributed by atoms with Crippen molar-refractivity contribution in [3.8, 4) is 11.4 Å². The number of nitrogens with one attached hydrogen (secondary N) is 1. The summed E-state index contributed by atoms with van der Waals surface area (Å²) in [7, 11) is 1.54. The number of methoxy groups -OCH3 is 1. The summed E-state index contributed by atoms with van der Waals surface area (Å²) in [4.78, 5) is 30.0. The zero-order valence-electron chi connectivity index (χ0n) is 15.5. The van der Waals surface area contributed by atoms with E-state index in [4.69, 9.17) is 4.74 Å². The number of anilines is 1. The Morgan fingerprint density at radius 1 is 1.22 bits per heavy atom. The lowest BCUT2D eigenvalue weighted by atomic mass is 10.1. The molecule has 0 aliphatic rings. The van der Waals surface area contributed by atoms with Crippen molar-refractivity contribution >= 4 is 11.7 Å². The van der Waals surface area contributed by atoms with Gasteiger partial charge in [0.2, 0.25) is 0 Å². The summed E-state index contributed by atoms with van der Waals surface area (Å²) < 4.78 is 6.75. The standard InChI is InChI=1S/C21H21N3O3/c1-4-15-9-11-22-18(13-15)23-20(25)19-14(2)10-12-24(21(19)26)16-7-5-6-8-17(16)27-3/h5-13H,4H2,1-3H3,(H,22,23,25). The van der Waals surface area contributed by atoms with Crippen molar-refractivity contribution in [2.45, 2.75) is 20.3 Å². The highest BCUT2D eigenvalue weighted by Gasteiger charge is 2.18. The van der Waals surface area contributed by atoms with E-state index < -0.39 is 11.5 Å². The third-order valence-corrected chi connectivity index (χ3v) is 4.35. The molecule has 3 aromatic rings. The summed E-state index contributed by atoms with van der Waals surface area (Å²) in [5.74, 6) is 0.487. The zero-order chi connectivity index (χ0) is 19.4. The van der Waals surface area contributed by atoms with Crippen LogP contribution in [-0.4, -0.2) is 22.6 Å². The van der Waals surface area contributed by atoms with Crippen LogP contribution in [0.15, 0.2) is 59.7 Å². The highest BCUT2D eigenvalue weighted by atomic mass is 16.5. The molecule has 2 heterocycles. The summed E-state index contributed by atoms with van der Waals surface area (Å²) in [5, 5.41) is 2.73. The first-order valence-electron chi connectivity index (χ1n) is 8.67. The predicted molar refractivity (Wildman–Crippen MR) is 105 cm³/mol. The molecule has 2 aromatic heterocycles. The number of amides is 1. The number of nitrogens with zero attached hydrogens (tertiary/aromatic N) is 2. The maximum Gasteiger partial charge on any atom is 0.268 e. The second-order valence-corrected chi connectivity index (χ2v) is 6.08. The van der Waals surface area contributed by atoms with E-state index in [9.17, 15) is 9.59 Å². The van der Waals surface area contributed by atoms with Gasteiger partial charge in [-0.1, -0.05) is 19.1 Å². The average molecular weight is 363 g/mol. The van der Waals surface area contributed by atoms with Gasteiger partial charge in [-0.3, -0.25) is 14.2 Å². The van der Waals surface area contributed by atoms with Crippen LogP contribution in [0.4, 0.5) is 5.82 Å². The molecule has 138 valence electrons. The molecule has 0 atom stereocenters. The van der Waals surface area contributed by atoms with Crippen molar-refractivity contribution in [2.75, 3.05) is 12.4 Å². The van der Waals surface area contributed by atoms with E-state index >= 15 is 0 Å². The summed E-state index contributed by atoms with van der Waals surface area (Å²) in [6.45, 7) is 3.76. The molecule has 6 nitrogen and oxygen atoms in total. The first kappa shape index (κ1) is 18.4. The number of aromatic nitrogens is 2. The minimum absolute atomic E-state index is 0.0760.